The predicted molar refractivity (Wildman–Crippen MR) is 65.6 cm³/mol. The highest BCUT2D eigenvalue weighted by Crippen LogP contribution is 2.26. The number of aromatic carboxylic acids is 1. The summed E-state index contributed by atoms with van der Waals surface area (Å²) >= 11 is 0. The largest absolute Gasteiger partial charge is 0.477 e. The lowest BCUT2D eigenvalue weighted by Gasteiger charge is -2.16. The first-order chi connectivity index (χ1) is 7.80. The topological polar surface area (TPSA) is 54.6 Å². The van der Waals surface area contributed by atoms with Crippen molar-refractivity contribution in [2.24, 2.45) is 0 Å². The molecule has 0 amide bonds. The average molecular weight is 232 g/mol. The number of aryl methyl sites for hydroxylation is 1. The molecule has 0 aromatic carbocycles. The van der Waals surface area contributed by atoms with E-state index in [1.54, 1.807) is 10.6 Å². The fraction of sp³-hybridized carbons (Fsp3) is 0.385. The quantitative estimate of drug-likeness (QED) is 0.822. The van der Waals surface area contributed by atoms with E-state index in [1.165, 1.54) is 0 Å². The van der Waals surface area contributed by atoms with E-state index in [1.807, 2.05) is 39.8 Å². The van der Waals surface area contributed by atoms with Crippen LogP contribution in [0.25, 0.3) is 5.65 Å². The summed E-state index contributed by atoms with van der Waals surface area (Å²) in [6.45, 7) is 7.86. The van der Waals surface area contributed by atoms with Crippen LogP contribution in [0.3, 0.4) is 0 Å². The third kappa shape index (κ3) is 1.90. The number of imidazole rings is 1. The van der Waals surface area contributed by atoms with Gasteiger partial charge in [-0.1, -0.05) is 20.8 Å². The van der Waals surface area contributed by atoms with Gasteiger partial charge in [0, 0.05) is 11.6 Å². The van der Waals surface area contributed by atoms with Crippen molar-refractivity contribution in [3.05, 3.63) is 35.3 Å². The summed E-state index contributed by atoms with van der Waals surface area (Å²) in [4.78, 5) is 15.8. The summed E-state index contributed by atoms with van der Waals surface area (Å²) < 4.78 is 1.63. The number of carbonyl (C=O) groups is 1. The molecule has 0 atom stereocenters. The van der Waals surface area contributed by atoms with Gasteiger partial charge >= 0.3 is 5.97 Å². The number of nitrogens with zero attached hydrogens (tertiary/aromatic N) is 2. The van der Waals surface area contributed by atoms with Gasteiger partial charge in [0.05, 0.1) is 5.69 Å². The molecular weight excluding hydrogens is 216 g/mol. The Bertz CT molecular complexity index is 591. The lowest BCUT2D eigenvalue weighted by atomic mass is 9.91. The highest BCUT2D eigenvalue weighted by molar-refractivity contribution is 5.88. The molecule has 90 valence electrons. The second-order valence-electron chi connectivity index (χ2n) is 5.30. The van der Waals surface area contributed by atoms with E-state index < -0.39 is 5.97 Å². The second-order valence-corrected chi connectivity index (χ2v) is 5.30. The molecule has 4 heteroatoms. The SMILES string of the molecule is Cc1ccn2c(C(=O)O)c(C(C)(C)C)nc2c1. The zero-order valence-electron chi connectivity index (χ0n) is 10.5. The molecule has 2 heterocycles. The minimum atomic E-state index is -0.939. The third-order valence-corrected chi connectivity index (χ3v) is 2.69. The standard InChI is InChI=1S/C13H16N2O2/c1-8-5-6-15-9(7-8)14-11(13(2,3)4)10(15)12(16)17/h5-7H,1-4H3,(H,16,17). The van der Waals surface area contributed by atoms with Crippen LogP contribution in [0.2, 0.25) is 0 Å². The number of aromatic nitrogens is 2. The van der Waals surface area contributed by atoms with E-state index in [0.717, 1.165) is 5.56 Å². The minimum absolute atomic E-state index is 0.257. The van der Waals surface area contributed by atoms with Gasteiger partial charge in [-0.25, -0.2) is 9.78 Å². The third-order valence-electron chi connectivity index (χ3n) is 2.69. The lowest BCUT2D eigenvalue weighted by Crippen LogP contribution is -2.17. The molecule has 0 radical (unpaired) electrons. The lowest BCUT2D eigenvalue weighted by molar-refractivity contribution is 0.0686. The van der Waals surface area contributed by atoms with Gasteiger partial charge in [0.15, 0.2) is 5.69 Å². The molecular formula is C13H16N2O2. The van der Waals surface area contributed by atoms with Crippen LogP contribution >= 0.6 is 0 Å². The van der Waals surface area contributed by atoms with Crippen LogP contribution in [0.4, 0.5) is 0 Å². The summed E-state index contributed by atoms with van der Waals surface area (Å²) in [5, 5.41) is 9.32. The summed E-state index contributed by atoms with van der Waals surface area (Å²) in [6.07, 6.45) is 1.76. The summed E-state index contributed by atoms with van der Waals surface area (Å²) in [5.74, 6) is -0.939. The Hall–Kier alpha value is -1.84. The Balaban J connectivity index is 2.84. The molecule has 2 aromatic heterocycles. The monoisotopic (exact) mass is 232 g/mol. The zero-order chi connectivity index (χ0) is 12.8. The molecule has 0 aliphatic heterocycles. The van der Waals surface area contributed by atoms with Gasteiger partial charge in [-0.2, -0.15) is 0 Å². The molecule has 0 unspecified atom stereocenters. The Morgan fingerprint density at radius 3 is 2.59 bits per heavy atom. The molecule has 0 aliphatic carbocycles. The number of hydrogen-bond acceptors (Lipinski definition) is 2. The van der Waals surface area contributed by atoms with Crippen LogP contribution < -0.4 is 0 Å². The van der Waals surface area contributed by atoms with Crippen molar-refractivity contribution in [3.63, 3.8) is 0 Å². The molecule has 0 saturated heterocycles. The van der Waals surface area contributed by atoms with Crippen molar-refractivity contribution >= 4 is 11.6 Å². The van der Waals surface area contributed by atoms with Crippen molar-refractivity contribution in [1.82, 2.24) is 9.38 Å². The Morgan fingerprint density at radius 1 is 1.41 bits per heavy atom. The van der Waals surface area contributed by atoms with Gasteiger partial charge in [0.1, 0.15) is 5.65 Å². The molecule has 0 spiro atoms. The van der Waals surface area contributed by atoms with Crippen LogP contribution in [-0.2, 0) is 5.41 Å². The van der Waals surface area contributed by atoms with Crippen molar-refractivity contribution in [2.45, 2.75) is 33.1 Å². The summed E-state index contributed by atoms with van der Waals surface area (Å²) in [6, 6.07) is 3.77. The Labute approximate surface area is 99.9 Å². The fourth-order valence-electron chi connectivity index (χ4n) is 1.87. The summed E-state index contributed by atoms with van der Waals surface area (Å²) in [5.41, 5.74) is 2.35. The maximum Gasteiger partial charge on any atom is 0.354 e. The highest BCUT2D eigenvalue weighted by Gasteiger charge is 2.27. The van der Waals surface area contributed by atoms with Crippen molar-refractivity contribution < 1.29 is 9.90 Å². The number of hydrogen-bond donors (Lipinski definition) is 1. The van der Waals surface area contributed by atoms with Gasteiger partial charge in [0.25, 0.3) is 0 Å². The molecule has 2 rings (SSSR count). The first-order valence-electron chi connectivity index (χ1n) is 5.53. The first kappa shape index (κ1) is 11.6. The molecule has 0 aliphatic rings. The molecule has 2 aromatic rings. The number of rotatable bonds is 1. The van der Waals surface area contributed by atoms with E-state index in [4.69, 9.17) is 0 Å². The Kier molecular flexibility index (Phi) is 2.45. The van der Waals surface area contributed by atoms with E-state index in [9.17, 15) is 9.90 Å². The van der Waals surface area contributed by atoms with E-state index in [-0.39, 0.29) is 11.1 Å². The minimum Gasteiger partial charge on any atom is -0.477 e. The normalized spacial score (nSPS) is 12.0. The molecule has 4 nitrogen and oxygen atoms in total. The van der Waals surface area contributed by atoms with Crippen molar-refractivity contribution in [2.75, 3.05) is 0 Å². The number of pyridine rings is 1. The van der Waals surface area contributed by atoms with Gasteiger partial charge < -0.3 is 5.11 Å². The van der Waals surface area contributed by atoms with E-state index >= 15 is 0 Å². The number of fused-ring (bicyclic) bond motifs is 1. The summed E-state index contributed by atoms with van der Waals surface area (Å²) in [7, 11) is 0. The van der Waals surface area contributed by atoms with Crippen molar-refractivity contribution in [3.8, 4) is 0 Å². The first-order valence-corrected chi connectivity index (χ1v) is 5.53. The van der Waals surface area contributed by atoms with Crippen LogP contribution in [0.1, 0.15) is 42.5 Å². The molecule has 1 N–H and O–H groups in total. The Morgan fingerprint density at radius 2 is 2.06 bits per heavy atom. The maximum atomic E-state index is 11.4. The van der Waals surface area contributed by atoms with E-state index in [2.05, 4.69) is 4.98 Å². The van der Waals surface area contributed by atoms with Gasteiger partial charge in [-0.05, 0) is 24.6 Å². The molecule has 0 saturated carbocycles. The van der Waals surface area contributed by atoms with Gasteiger partial charge in [0.2, 0.25) is 0 Å². The van der Waals surface area contributed by atoms with Crippen LogP contribution in [0.15, 0.2) is 18.3 Å². The van der Waals surface area contributed by atoms with Gasteiger partial charge in [-0.15, -0.1) is 0 Å². The maximum absolute atomic E-state index is 11.4. The number of carboxylic acids is 1. The molecule has 17 heavy (non-hydrogen) atoms. The average Bonchev–Trinajstić information content (AvgIpc) is 2.55. The van der Waals surface area contributed by atoms with Crippen LogP contribution in [-0.4, -0.2) is 20.5 Å². The smallest absolute Gasteiger partial charge is 0.354 e. The van der Waals surface area contributed by atoms with Crippen molar-refractivity contribution in [1.29, 1.82) is 0 Å². The van der Waals surface area contributed by atoms with E-state index in [0.29, 0.717) is 11.3 Å². The van der Waals surface area contributed by atoms with Gasteiger partial charge in [-0.3, -0.25) is 4.40 Å². The van der Waals surface area contributed by atoms with Crippen LogP contribution in [0.5, 0.6) is 0 Å². The second kappa shape index (κ2) is 3.58. The number of carboxylic acid groups (broad SMARTS) is 1. The molecule has 0 fully saturated rings. The molecule has 0 bridgehead atoms. The zero-order valence-corrected chi connectivity index (χ0v) is 10.5. The van der Waals surface area contributed by atoms with Crippen LogP contribution in [0, 0.1) is 6.92 Å². The predicted octanol–water partition coefficient (Wildman–Crippen LogP) is 2.64. The highest BCUT2D eigenvalue weighted by atomic mass is 16.4. The fourth-order valence-corrected chi connectivity index (χ4v) is 1.87.